The van der Waals surface area contributed by atoms with E-state index in [0.717, 1.165) is 19.3 Å². The number of amides is 2. The summed E-state index contributed by atoms with van der Waals surface area (Å²) in [5.74, 6) is 0.178. The van der Waals surface area contributed by atoms with Gasteiger partial charge in [-0.25, -0.2) is 14.4 Å². The number of aromatic nitrogens is 3. The molecule has 160 valence electrons. The third-order valence-corrected chi connectivity index (χ3v) is 5.45. The van der Waals surface area contributed by atoms with E-state index in [-0.39, 0.29) is 36.0 Å². The Morgan fingerprint density at radius 1 is 1.19 bits per heavy atom. The molecule has 0 bridgehead atoms. The number of carbonyl (C=O) groups is 2. The fraction of sp³-hybridized carbons (Fsp3) is 0.429. The summed E-state index contributed by atoms with van der Waals surface area (Å²) in [6.07, 6.45) is 7.73. The lowest BCUT2D eigenvalue weighted by atomic mass is 10.1. The van der Waals surface area contributed by atoms with E-state index in [1.165, 1.54) is 23.5 Å². The van der Waals surface area contributed by atoms with Gasteiger partial charge in [-0.15, -0.1) is 0 Å². The number of nitriles is 1. The van der Waals surface area contributed by atoms with Gasteiger partial charge in [0.15, 0.2) is 11.5 Å². The topological polar surface area (TPSA) is 124 Å². The van der Waals surface area contributed by atoms with Crippen molar-refractivity contribution in [3.63, 3.8) is 0 Å². The Balaban J connectivity index is 1.45. The van der Waals surface area contributed by atoms with E-state index in [1.807, 2.05) is 6.07 Å². The molecule has 0 aromatic carbocycles. The molecule has 4 rings (SSSR count). The van der Waals surface area contributed by atoms with Gasteiger partial charge >= 0.3 is 0 Å². The second-order valence-electron chi connectivity index (χ2n) is 7.67. The lowest BCUT2D eigenvalue weighted by Gasteiger charge is -2.22. The Kier molecular flexibility index (Phi) is 6.02. The molecule has 1 saturated heterocycles. The molecule has 2 aromatic rings. The first-order valence-electron chi connectivity index (χ1n) is 10.2. The molecule has 2 aliphatic rings. The molecule has 2 fully saturated rings. The molecule has 1 unspecified atom stereocenters. The molecule has 2 amide bonds. The highest BCUT2D eigenvalue weighted by Gasteiger charge is 2.30. The van der Waals surface area contributed by atoms with Crippen molar-refractivity contribution in [3.05, 3.63) is 30.4 Å². The number of alkyl halides is 1. The summed E-state index contributed by atoms with van der Waals surface area (Å²) < 4.78 is 13.1. The molecule has 1 atom stereocenters. The highest BCUT2D eigenvalue weighted by Crippen LogP contribution is 2.30. The second-order valence-corrected chi connectivity index (χ2v) is 7.67. The van der Waals surface area contributed by atoms with Gasteiger partial charge in [0.1, 0.15) is 12.7 Å². The van der Waals surface area contributed by atoms with Crippen molar-refractivity contribution in [3.8, 4) is 17.3 Å². The molecule has 0 spiro atoms. The van der Waals surface area contributed by atoms with Crippen LogP contribution >= 0.6 is 0 Å². The summed E-state index contributed by atoms with van der Waals surface area (Å²) in [4.78, 5) is 38.5. The maximum atomic E-state index is 13.1. The molecule has 2 N–H and O–H groups in total. The molecule has 9 nitrogen and oxygen atoms in total. The van der Waals surface area contributed by atoms with Gasteiger partial charge in [0, 0.05) is 24.2 Å². The smallest absolute Gasteiger partial charge is 0.242 e. The summed E-state index contributed by atoms with van der Waals surface area (Å²) >= 11 is 0. The molecule has 0 radical (unpaired) electrons. The maximum absolute atomic E-state index is 13.1. The van der Waals surface area contributed by atoms with E-state index in [9.17, 15) is 19.2 Å². The summed E-state index contributed by atoms with van der Waals surface area (Å²) in [6.45, 7) is -0.0755. The first kappa shape index (κ1) is 20.7. The van der Waals surface area contributed by atoms with Gasteiger partial charge in [-0.2, -0.15) is 5.26 Å². The van der Waals surface area contributed by atoms with Crippen LogP contribution in [0.25, 0.3) is 11.3 Å². The van der Waals surface area contributed by atoms with Crippen molar-refractivity contribution in [1.82, 2.24) is 19.9 Å². The molecule has 2 aromatic heterocycles. The highest BCUT2D eigenvalue weighted by molar-refractivity contribution is 5.93. The number of hydrogen-bond acceptors (Lipinski definition) is 7. The van der Waals surface area contributed by atoms with Crippen molar-refractivity contribution >= 4 is 23.3 Å². The Bertz CT molecular complexity index is 1020. The monoisotopic (exact) mass is 423 g/mol. The number of nitrogens with zero attached hydrogens (tertiary/aromatic N) is 5. The third-order valence-electron chi connectivity index (χ3n) is 5.45. The summed E-state index contributed by atoms with van der Waals surface area (Å²) in [5, 5.41) is 15.0. The zero-order valence-electron chi connectivity index (χ0n) is 16.8. The van der Waals surface area contributed by atoms with E-state index in [2.05, 4.69) is 25.6 Å². The minimum Gasteiger partial charge on any atom is -0.374 e. The van der Waals surface area contributed by atoms with E-state index < -0.39 is 6.67 Å². The van der Waals surface area contributed by atoms with Crippen LogP contribution < -0.4 is 10.6 Å². The predicted molar refractivity (Wildman–Crippen MR) is 111 cm³/mol. The number of nitrogens with one attached hydrogen (secondary N) is 2. The van der Waals surface area contributed by atoms with E-state index in [1.54, 1.807) is 6.07 Å². The fourth-order valence-electron chi connectivity index (χ4n) is 3.54. The summed E-state index contributed by atoms with van der Waals surface area (Å²) in [5.41, 5.74) is 1.63. The lowest BCUT2D eigenvalue weighted by molar-refractivity contribution is -0.130. The average molecular weight is 423 g/mol. The normalized spacial score (nSPS) is 17.8. The molecule has 1 aliphatic carbocycles. The van der Waals surface area contributed by atoms with E-state index >= 15 is 0 Å². The largest absolute Gasteiger partial charge is 0.374 e. The Hall–Kier alpha value is -3.61. The molecular formula is C21H22FN7O2. The molecule has 1 saturated carbocycles. The lowest BCUT2D eigenvalue weighted by Crippen LogP contribution is -2.40. The van der Waals surface area contributed by atoms with Gasteiger partial charge < -0.3 is 15.5 Å². The zero-order chi connectivity index (χ0) is 21.8. The fourth-order valence-corrected chi connectivity index (χ4v) is 3.54. The molecule has 3 heterocycles. The number of hydrogen-bond donors (Lipinski definition) is 2. The van der Waals surface area contributed by atoms with E-state index in [0.29, 0.717) is 35.7 Å². The molecular weight excluding hydrogens is 401 g/mol. The standard InChI is InChI=1S/C21H22FN7O2/c22-7-15-2-1-5-29(15)20(30)12-26-16-6-14(9-24-17(16)8-23)18-10-27-19(11-25-18)28-21(31)13-3-4-13/h6,9-11,13,15,26H,1-5,7,12H2,(H,27,28,31). The highest BCUT2D eigenvalue weighted by atomic mass is 19.1. The van der Waals surface area contributed by atoms with E-state index in [4.69, 9.17) is 0 Å². The summed E-state index contributed by atoms with van der Waals surface area (Å²) in [6, 6.07) is 3.29. The average Bonchev–Trinajstić information content (AvgIpc) is 3.55. The van der Waals surface area contributed by atoms with Crippen molar-refractivity contribution in [2.45, 2.75) is 31.7 Å². The maximum Gasteiger partial charge on any atom is 0.242 e. The SMILES string of the molecule is N#Cc1ncc(-c2cnc(NC(=O)C3CC3)cn2)cc1NCC(=O)N1CCCC1CF. The Morgan fingerprint density at radius 3 is 2.71 bits per heavy atom. The number of anilines is 2. The van der Waals surface area contributed by atoms with Crippen LogP contribution in [0.5, 0.6) is 0 Å². The number of carbonyl (C=O) groups excluding carboxylic acids is 2. The Labute approximate surface area is 178 Å². The van der Waals surface area contributed by atoms with Gasteiger partial charge in [0.25, 0.3) is 0 Å². The van der Waals surface area contributed by atoms with Crippen LogP contribution in [0.2, 0.25) is 0 Å². The number of halogens is 1. The van der Waals surface area contributed by atoms with Crippen molar-refractivity contribution in [2.24, 2.45) is 5.92 Å². The zero-order valence-corrected chi connectivity index (χ0v) is 16.8. The van der Waals surface area contributed by atoms with Crippen molar-refractivity contribution in [1.29, 1.82) is 5.26 Å². The van der Waals surface area contributed by atoms with Crippen LogP contribution in [0.4, 0.5) is 15.9 Å². The van der Waals surface area contributed by atoms with Crippen LogP contribution in [-0.2, 0) is 9.59 Å². The molecule has 1 aliphatic heterocycles. The van der Waals surface area contributed by atoms with Crippen molar-refractivity contribution < 1.29 is 14.0 Å². The van der Waals surface area contributed by atoms with Gasteiger partial charge in [-0.05, 0) is 31.7 Å². The van der Waals surface area contributed by atoms with Gasteiger partial charge in [-0.3, -0.25) is 14.6 Å². The van der Waals surface area contributed by atoms with Crippen LogP contribution in [-0.4, -0.2) is 57.5 Å². The minimum atomic E-state index is -0.554. The number of likely N-dealkylation sites (tertiary alicyclic amines) is 1. The van der Waals surface area contributed by atoms with Gasteiger partial charge in [0.05, 0.1) is 36.4 Å². The minimum absolute atomic E-state index is 0.0498. The number of pyridine rings is 1. The van der Waals surface area contributed by atoms with Crippen molar-refractivity contribution in [2.75, 3.05) is 30.4 Å². The molecule has 31 heavy (non-hydrogen) atoms. The molecule has 10 heteroatoms. The van der Waals surface area contributed by atoms with Gasteiger partial charge in [-0.1, -0.05) is 0 Å². The predicted octanol–water partition coefficient (Wildman–Crippen LogP) is 2.13. The first-order chi connectivity index (χ1) is 15.1. The third kappa shape index (κ3) is 4.77. The second kappa shape index (κ2) is 9.04. The number of rotatable bonds is 7. The van der Waals surface area contributed by atoms with Crippen LogP contribution in [0.1, 0.15) is 31.4 Å². The Morgan fingerprint density at radius 2 is 2.03 bits per heavy atom. The first-order valence-corrected chi connectivity index (χ1v) is 10.2. The van der Waals surface area contributed by atoms with Crippen LogP contribution in [0.3, 0.4) is 0 Å². The van der Waals surface area contributed by atoms with Crippen LogP contribution in [0.15, 0.2) is 24.7 Å². The van der Waals surface area contributed by atoms with Crippen LogP contribution in [0, 0.1) is 17.2 Å². The van der Waals surface area contributed by atoms with Gasteiger partial charge in [0.2, 0.25) is 11.8 Å². The quantitative estimate of drug-likeness (QED) is 0.699. The summed E-state index contributed by atoms with van der Waals surface area (Å²) in [7, 11) is 0.